The minimum absolute atomic E-state index is 0.0402. The van der Waals surface area contributed by atoms with Crippen LogP contribution in [-0.4, -0.2) is 71.1 Å². The van der Waals surface area contributed by atoms with Crippen LogP contribution in [0, 0.1) is 18.8 Å². The van der Waals surface area contributed by atoms with E-state index in [1.807, 2.05) is 0 Å². The average Bonchev–Trinajstić information content (AvgIpc) is 2.79. The fraction of sp³-hybridized carbons (Fsp3) is 0.542. The molecule has 36 heavy (non-hydrogen) atoms. The molecule has 0 radical (unpaired) electrons. The SMILES string of the molecule is C=CC(F)[C@@H]1C(C(O)(CNC(=O)c2cc(OC)c3nnc(C)cc3c2)C(F)(F)F)N[C@@H]1[C@H](C)[C@H](C)F. The number of aliphatic hydroxyl groups is 1. The number of carbonyl (C=O) groups excluding carboxylic acids is 1. The maximum atomic E-state index is 14.7. The number of ether oxygens (including phenoxy) is 1. The first-order valence-corrected chi connectivity index (χ1v) is 11.3. The summed E-state index contributed by atoms with van der Waals surface area (Å²) in [4.78, 5) is 12.8. The van der Waals surface area contributed by atoms with Gasteiger partial charge >= 0.3 is 6.18 Å². The van der Waals surface area contributed by atoms with Crippen molar-refractivity contribution in [3.63, 3.8) is 0 Å². The van der Waals surface area contributed by atoms with Gasteiger partial charge in [-0.2, -0.15) is 18.3 Å². The summed E-state index contributed by atoms with van der Waals surface area (Å²) in [5.41, 5.74) is -2.68. The third-order valence-corrected chi connectivity index (χ3v) is 6.84. The van der Waals surface area contributed by atoms with Crippen LogP contribution in [0.2, 0.25) is 0 Å². The molecule has 3 rings (SSSR count). The van der Waals surface area contributed by atoms with Crippen molar-refractivity contribution in [1.82, 2.24) is 20.8 Å². The number of nitrogens with one attached hydrogen (secondary N) is 2. The Morgan fingerprint density at radius 2 is 1.94 bits per heavy atom. The summed E-state index contributed by atoms with van der Waals surface area (Å²) >= 11 is 0. The number of allylic oxidation sites excluding steroid dienone is 1. The summed E-state index contributed by atoms with van der Waals surface area (Å²) in [7, 11) is 1.34. The van der Waals surface area contributed by atoms with Gasteiger partial charge in [-0.1, -0.05) is 13.0 Å². The van der Waals surface area contributed by atoms with Crippen LogP contribution in [0.3, 0.4) is 0 Å². The largest absolute Gasteiger partial charge is 0.494 e. The van der Waals surface area contributed by atoms with Crippen molar-refractivity contribution in [3.8, 4) is 5.75 Å². The predicted octanol–water partition coefficient (Wildman–Crippen LogP) is 3.44. The van der Waals surface area contributed by atoms with E-state index in [1.54, 1.807) is 13.0 Å². The Hall–Kier alpha value is -2.86. The monoisotopic (exact) mass is 516 g/mol. The van der Waals surface area contributed by atoms with Crippen LogP contribution >= 0.6 is 0 Å². The van der Waals surface area contributed by atoms with Crippen molar-refractivity contribution in [2.24, 2.45) is 11.8 Å². The molecular formula is C24H29F5N4O3. The fourth-order valence-corrected chi connectivity index (χ4v) is 4.52. The van der Waals surface area contributed by atoms with Gasteiger partial charge in [-0.15, -0.1) is 11.7 Å². The second-order valence-corrected chi connectivity index (χ2v) is 9.17. The van der Waals surface area contributed by atoms with Gasteiger partial charge in [0.1, 0.15) is 23.6 Å². The first kappa shape index (κ1) is 27.7. The number of halogens is 5. The van der Waals surface area contributed by atoms with Gasteiger partial charge in [0.15, 0.2) is 5.60 Å². The molecule has 198 valence electrons. The molecular weight excluding hydrogens is 487 g/mol. The molecule has 0 spiro atoms. The maximum Gasteiger partial charge on any atom is 0.420 e. The lowest BCUT2D eigenvalue weighted by atomic mass is 9.66. The summed E-state index contributed by atoms with van der Waals surface area (Å²) in [5, 5.41) is 23.8. The molecule has 2 aromatic rings. The molecule has 12 heteroatoms. The number of nitrogens with zero attached hydrogens (tertiary/aromatic N) is 2. The van der Waals surface area contributed by atoms with Crippen LogP contribution in [0.1, 0.15) is 29.9 Å². The molecule has 2 heterocycles. The summed E-state index contributed by atoms with van der Waals surface area (Å²) in [5.74, 6) is -2.99. The highest BCUT2D eigenvalue weighted by molar-refractivity contribution is 5.99. The number of hydrogen-bond acceptors (Lipinski definition) is 6. The second kappa shape index (κ2) is 10.3. The van der Waals surface area contributed by atoms with Gasteiger partial charge in [0.2, 0.25) is 0 Å². The van der Waals surface area contributed by atoms with E-state index in [4.69, 9.17) is 4.74 Å². The zero-order valence-corrected chi connectivity index (χ0v) is 20.2. The molecule has 1 fully saturated rings. The van der Waals surface area contributed by atoms with E-state index in [0.29, 0.717) is 16.6 Å². The van der Waals surface area contributed by atoms with Gasteiger partial charge < -0.3 is 20.5 Å². The van der Waals surface area contributed by atoms with Gasteiger partial charge in [-0.3, -0.25) is 4.79 Å². The molecule has 0 saturated carbocycles. The Labute approximate surface area is 205 Å². The molecule has 3 N–H and O–H groups in total. The quantitative estimate of drug-likeness (QED) is 0.349. The van der Waals surface area contributed by atoms with Crippen molar-refractivity contribution in [3.05, 3.63) is 42.1 Å². The molecule has 0 aliphatic carbocycles. The van der Waals surface area contributed by atoms with Crippen LogP contribution in [0.4, 0.5) is 22.0 Å². The lowest BCUT2D eigenvalue weighted by Crippen LogP contribution is -2.79. The van der Waals surface area contributed by atoms with Crippen LogP contribution < -0.4 is 15.4 Å². The van der Waals surface area contributed by atoms with E-state index in [0.717, 1.165) is 6.08 Å². The Bertz CT molecular complexity index is 1130. The average molecular weight is 517 g/mol. The Morgan fingerprint density at radius 1 is 1.28 bits per heavy atom. The van der Waals surface area contributed by atoms with Crippen LogP contribution in [0.25, 0.3) is 10.9 Å². The minimum atomic E-state index is -5.25. The summed E-state index contributed by atoms with van der Waals surface area (Å²) < 4.78 is 76.1. The summed E-state index contributed by atoms with van der Waals surface area (Å²) in [6, 6.07) is 1.50. The van der Waals surface area contributed by atoms with E-state index in [-0.39, 0.29) is 11.3 Å². The molecule has 1 amide bonds. The van der Waals surface area contributed by atoms with E-state index in [2.05, 4.69) is 27.4 Å². The molecule has 1 aliphatic heterocycles. The van der Waals surface area contributed by atoms with Crippen LogP contribution in [0.15, 0.2) is 30.9 Å². The molecule has 1 aromatic heterocycles. The number of amides is 1. The molecule has 1 saturated heterocycles. The van der Waals surface area contributed by atoms with Gasteiger partial charge in [-0.05, 0) is 32.0 Å². The lowest BCUT2D eigenvalue weighted by molar-refractivity contribution is -0.287. The highest BCUT2D eigenvalue weighted by atomic mass is 19.4. The van der Waals surface area contributed by atoms with Gasteiger partial charge in [-0.25, -0.2) is 8.78 Å². The minimum Gasteiger partial charge on any atom is -0.494 e. The standard InChI is InChI=1S/C24H29F5N4O3/c1-6-16(26)18-19(12(3)13(4)25)31-21(18)23(35,24(27,28)29)10-30-22(34)15-8-14-7-11(2)32-33-20(14)17(9-15)36-5/h6-9,12-13,16,18-19,21,31,35H,1,10H2,2-5H3,(H,30,34)/t12-,13+,16?,18+,19-,21?,23?/m1/s1. The Kier molecular flexibility index (Phi) is 7.89. The van der Waals surface area contributed by atoms with Crippen molar-refractivity contribution >= 4 is 16.8 Å². The molecule has 7 nitrogen and oxygen atoms in total. The maximum absolute atomic E-state index is 14.7. The fourth-order valence-electron chi connectivity index (χ4n) is 4.52. The summed E-state index contributed by atoms with van der Waals surface area (Å²) in [6.45, 7) is 6.36. The third kappa shape index (κ3) is 5.01. The number of hydrogen-bond donors (Lipinski definition) is 3. The number of aryl methyl sites for hydroxylation is 1. The van der Waals surface area contributed by atoms with E-state index in [1.165, 1.54) is 33.1 Å². The molecule has 3 unspecified atom stereocenters. The Balaban J connectivity index is 1.89. The zero-order chi connectivity index (χ0) is 27.0. The number of methoxy groups -OCH3 is 1. The van der Waals surface area contributed by atoms with Crippen molar-refractivity contribution in [1.29, 1.82) is 0 Å². The van der Waals surface area contributed by atoms with Crippen molar-refractivity contribution in [2.75, 3.05) is 13.7 Å². The highest BCUT2D eigenvalue weighted by Crippen LogP contribution is 2.44. The number of aromatic nitrogens is 2. The second-order valence-electron chi connectivity index (χ2n) is 9.17. The normalized spacial score (nSPS) is 24.2. The van der Waals surface area contributed by atoms with Gasteiger partial charge in [0.25, 0.3) is 5.91 Å². The highest BCUT2D eigenvalue weighted by Gasteiger charge is 2.66. The number of alkyl halides is 5. The zero-order valence-electron chi connectivity index (χ0n) is 20.2. The van der Waals surface area contributed by atoms with E-state index in [9.17, 15) is 31.9 Å². The van der Waals surface area contributed by atoms with Crippen molar-refractivity contribution in [2.45, 2.75) is 57.0 Å². The van der Waals surface area contributed by atoms with Crippen LogP contribution in [0.5, 0.6) is 5.75 Å². The first-order valence-electron chi connectivity index (χ1n) is 11.3. The summed E-state index contributed by atoms with van der Waals surface area (Å²) in [6.07, 6.45) is -7.80. The number of rotatable bonds is 9. The molecule has 7 atom stereocenters. The molecule has 1 aromatic carbocycles. The van der Waals surface area contributed by atoms with Crippen molar-refractivity contribution < 1.29 is 36.6 Å². The predicted molar refractivity (Wildman–Crippen MR) is 123 cm³/mol. The third-order valence-electron chi connectivity index (χ3n) is 6.84. The number of fused-ring (bicyclic) bond motifs is 1. The Morgan fingerprint density at radius 3 is 2.50 bits per heavy atom. The topological polar surface area (TPSA) is 96.4 Å². The molecule has 0 bridgehead atoms. The van der Waals surface area contributed by atoms with Gasteiger partial charge in [0, 0.05) is 28.8 Å². The lowest BCUT2D eigenvalue weighted by Gasteiger charge is -2.56. The smallest absolute Gasteiger partial charge is 0.420 e. The van der Waals surface area contributed by atoms with E-state index >= 15 is 0 Å². The van der Waals surface area contributed by atoms with E-state index < -0.39 is 60.5 Å². The first-order chi connectivity index (χ1) is 16.7. The number of carbonyl (C=O) groups is 1. The van der Waals surface area contributed by atoms with Crippen LogP contribution in [-0.2, 0) is 0 Å². The number of benzene rings is 1. The van der Waals surface area contributed by atoms with Gasteiger partial charge in [0.05, 0.1) is 25.4 Å². The molecule has 1 aliphatic rings.